The lowest BCUT2D eigenvalue weighted by Crippen LogP contribution is -2.30. The van der Waals surface area contributed by atoms with Gasteiger partial charge in [0.1, 0.15) is 11.5 Å². The molecule has 3 aromatic carbocycles. The molecule has 1 fully saturated rings. The maximum Gasteiger partial charge on any atom is 0.242 e. The summed E-state index contributed by atoms with van der Waals surface area (Å²) < 4.78 is 10.6. The molecule has 1 saturated heterocycles. The zero-order chi connectivity index (χ0) is 21.8. The summed E-state index contributed by atoms with van der Waals surface area (Å²) in [5.74, 6) is 1.38. The molecule has 3 aromatic rings. The first-order valence-electron chi connectivity index (χ1n) is 9.88. The number of amidine groups is 1. The van der Waals surface area contributed by atoms with E-state index in [0.717, 1.165) is 21.9 Å². The Bertz CT molecular complexity index is 1170. The number of thioether (sulfide) groups is 1. The van der Waals surface area contributed by atoms with E-state index in [4.69, 9.17) is 9.47 Å². The Morgan fingerprint density at radius 2 is 1.87 bits per heavy atom. The van der Waals surface area contributed by atoms with Crippen LogP contribution in [-0.4, -0.2) is 41.7 Å². The summed E-state index contributed by atoms with van der Waals surface area (Å²) in [6, 6.07) is 19.8. The molecule has 7 heteroatoms. The predicted octanol–water partition coefficient (Wildman–Crippen LogP) is 4.71. The van der Waals surface area contributed by atoms with Crippen molar-refractivity contribution in [3.05, 3.63) is 71.8 Å². The molecule has 0 N–H and O–H groups in total. The number of methoxy groups -OCH3 is 2. The van der Waals surface area contributed by atoms with E-state index in [1.165, 1.54) is 11.8 Å². The number of rotatable bonds is 6. The second-order valence-electron chi connectivity index (χ2n) is 7.06. The fourth-order valence-corrected chi connectivity index (χ4v) is 4.40. The smallest absolute Gasteiger partial charge is 0.242 e. The van der Waals surface area contributed by atoms with Crippen molar-refractivity contribution >= 4 is 39.8 Å². The minimum absolute atomic E-state index is 0.0360. The Labute approximate surface area is 185 Å². The zero-order valence-electron chi connectivity index (χ0n) is 17.6. The molecule has 4 rings (SSSR count). The SMILES string of the molecule is COc1ccc(/C=N\N=C2/S[C@@H](C)C(=O)N2Cc2cccc3ccccc23)c(OC)c1. The third kappa shape index (κ3) is 4.41. The first-order valence-corrected chi connectivity index (χ1v) is 10.8. The third-order valence-electron chi connectivity index (χ3n) is 5.12. The fourth-order valence-electron chi connectivity index (χ4n) is 3.48. The summed E-state index contributed by atoms with van der Waals surface area (Å²) in [5, 5.41) is 11.3. The summed E-state index contributed by atoms with van der Waals surface area (Å²) in [6.45, 7) is 2.35. The standard InChI is InChI=1S/C24H23N3O3S/c1-16-23(28)27(15-19-9-6-8-17-7-4-5-10-21(17)19)24(31-16)26-25-14-18-11-12-20(29-2)13-22(18)30-3/h4-14,16H,15H2,1-3H3/b25-14-,26-24-/t16-/m0/s1. The third-order valence-corrected chi connectivity index (χ3v) is 6.18. The highest BCUT2D eigenvalue weighted by atomic mass is 32.2. The van der Waals surface area contributed by atoms with Gasteiger partial charge in [-0.3, -0.25) is 9.69 Å². The number of carbonyl (C=O) groups is 1. The predicted molar refractivity (Wildman–Crippen MR) is 126 cm³/mol. The van der Waals surface area contributed by atoms with E-state index in [1.807, 2.05) is 43.3 Å². The van der Waals surface area contributed by atoms with E-state index in [1.54, 1.807) is 31.4 Å². The molecule has 0 unspecified atom stereocenters. The topological polar surface area (TPSA) is 63.5 Å². The Hall–Kier alpha value is -3.32. The number of hydrogen-bond donors (Lipinski definition) is 0. The van der Waals surface area contributed by atoms with Crippen molar-refractivity contribution in [2.75, 3.05) is 14.2 Å². The first kappa shape index (κ1) is 20.9. The van der Waals surface area contributed by atoms with Gasteiger partial charge in [-0.05, 0) is 35.4 Å². The minimum atomic E-state index is -0.195. The summed E-state index contributed by atoms with van der Waals surface area (Å²) >= 11 is 1.42. The zero-order valence-corrected chi connectivity index (χ0v) is 18.4. The molecule has 1 atom stereocenters. The van der Waals surface area contributed by atoms with Crippen molar-refractivity contribution in [3.8, 4) is 11.5 Å². The molecule has 0 radical (unpaired) electrons. The van der Waals surface area contributed by atoms with E-state index in [-0.39, 0.29) is 11.2 Å². The largest absolute Gasteiger partial charge is 0.497 e. The number of nitrogens with zero attached hydrogens (tertiary/aromatic N) is 3. The van der Waals surface area contributed by atoms with Gasteiger partial charge in [0, 0.05) is 11.6 Å². The van der Waals surface area contributed by atoms with Crippen molar-refractivity contribution in [3.63, 3.8) is 0 Å². The van der Waals surface area contributed by atoms with Gasteiger partial charge < -0.3 is 9.47 Å². The highest BCUT2D eigenvalue weighted by Gasteiger charge is 2.35. The van der Waals surface area contributed by atoms with Crippen LogP contribution in [0.25, 0.3) is 10.8 Å². The van der Waals surface area contributed by atoms with E-state index >= 15 is 0 Å². The van der Waals surface area contributed by atoms with Gasteiger partial charge in [0.15, 0.2) is 5.17 Å². The Balaban J connectivity index is 1.60. The molecule has 1 aliphatic heterocycles. The number of carbonyl (C=O) groups excluding carboxylic acids is 1. The number of ether oxygens (including phenoxy) is 2. The molecule has 158 valence electrons. The molecular weight excluding hydrogens is 410 g/mol. The number of benzene rings is 3. The average Bonchev–Trinajstić information content (AvgIpc) is 3.07. The van der Waals surface area contributed by atoms with E-state index < -0.39 is 0 Å². The molecule has 0 bridgehead atoms. The molecule has 1 aliphatic rings. The molecule has 1 heterocycles. The molecule has 0 saturated carbocycles. The van der Waals surface area contributed by atoms with Gasteiger partial charge in [0.25, 0.3) is 0 Å². The van der Waals surface area contributed by atoms with Crippen LogP contribution in [0.2, 0.25) is 0 Å². The first-order chi connectivity index (χ1) is 15.1. The van der Waals surface area contributed by atoms with Crippen LogP contribution in [0.4, 0.5) is 0 Å². The molecule has 0 aliphatic carbocycles. The van der Waals surface area contributed by atoms with Crippen LogP contribution in [0, 0.1) is 0 Å². The van der Waals surface area contributed by atoms with Crippen LogP contribution in [0.1, 0.15) is 18.1 Å². The van der Waals surface area contributed by atoms with Crippen molar-refractivity contribution < 1.29 is 14.3 Å². The number of fused-ring (bicyclic) bond motifs is 1. The van der Waals surface area contributed by atoms with Crippen LogP contribution < -0.4 is 9.47 Å². The summed E-state index contributed by atoms with van der Waals surface area (Å²) in [5.41, 5.74) is 1.85. The highest BCUT2D eigenvalue weighted by Crippen LogP contribution is 2.30. The quantitative estimate of drug-likeness (QED) is 0.417. The maximum atomic E-state index is 12.8. The summed E-state index contributed by atoms with van der Waals surface area (Å²) in [6.07, 6.45) is 1.62. The molecule has 0 aromatic heterocycles. The molecule has 1 amide bonds. The lowest BCUT2D eigenvalue weighted by atomic mass is 10.0. The lowest BCUT2D eigenvalue weighted by molar-refractivity contribution is -0.126. The van der Waals surface area contributed by atoms with Crippen molar-refractivity contribution in [2.45, 2.75) is 18.7 Å². The Kier molecular flexibility index (Phi) is 6.23. The van der Waals surface area contributed by atoms with Crippen molar-refractivity contribution in [1.29, 1.82) is 0 Å². The molecule has 31 heavy (non-hydrogen) atoms. The monoisotopic (exact) mass is 433 g/mol. The molecule has 0 spiro atoms. The number of hydrogen-bond acceptors (Lipinski definition) is 6. The highest BCUT2D eigenvalue weighted by molar-refractivity contribution is 8.15. The average molecular weight is 434 g/mol. The van der Waals surface area contributed by atoms with Crippen LogP contribution in [0.3, 0.4) is 0 Å². The van der Waals surface area contributed by atoms with Crippen molar-refractivity contribution in [2.24, 2.45) is 10.2 Å². The summed E-state index contributed by atoms with van der Waals surface area (Å²) in [4.78, 5) is 14.5. The Morgan fingerprint density at radius 3 is 2.68 bits per heavy atom. The summed E-state index contributed by atoms with van der Waals surface area (Å²) in [7, 11) is 3.20. The van der Waals surface area contributed by atoms with Gasteiger partial charge in [0.05, 0.1) is 32.2 Å². The van der Waals surface area contributed by atoms with Gasteiger partial charge >= 0.3 is 0 Å². The maximum absolute atomic E-state index is 12.8. The van der Waals surface area contributed by atoms with Crippen LogP contribution in [-0.2, 0) is 11.3 Å². The normalized spacial score (nSPS) is 17.8. The fraction of sp³-hybridized carbons (Fsp3) is 0.208. The van der Waals surface area contributed by atoms with Gasteiger partial charge in [-0.2, -0.15) is 5.10 Å². The van der Waals surface area contributed by atoms with Gasteiger partial charge in [-0.25, -0.2) is 0 Å². The van der Waals surface area contributed by atoms with Crippen LogP contribution in [0.15, 0.2) is 70.9 Å². The van der Waals surface area contributed by atoms with Crippen LogP contribution in [0.5, 0.6) is 11.5 Å². The molecular formula is C24H23N3O3S. The minimum Gasteiger partial charge on any atom is -0.497 e. The van der Waals surface area contributed by atoms with Gasteiger partial charge in [-0.1, -0.05) is 54.2 Å². The lowest BCUT2D eigenvalue weighted by Gasteiger charge is -2.17. The Morgan fingerprint density at radius 1 is 1.06 bits per heavy atom. The second-order valence-corrected chi connectivity index (χ2v) is 8.37. The second kappa shape index (κ2) is 9.22. The van der Waals surface area contributed by atoms with Crippen LogP contribution >= 0.6 is 11.8 Å². The van der Waals surface area contributed by atoms with E-state index in [0.29, 0.717) is 23.2 Å². The van der Waals surface area contributed by atoms with E-state index in [9.17, 15) is 4.79 Å². The van der Waals surface area contributed by atoms with Crippen molar-refractivity contribution in [1.82, 2.24) is 4.90 Å². The molecule has 6 nitrogen and oxygen atoms in total. The van der Waals surface area contributed by atoms with Gasteiger partial charge in [0.2, 0.25) is 5.91 Å². The van der Waals surface area contributed by atoms with E-state index in [2.05, 4.69) is 28.4 Å². The van der Waals surface area contributed by atoms with Gasteiger partial charge in [-0.15, -0.1) is 5.10 Å². The number of amides is 1.